The molecule has 1 fully saturated rings. The molecule has 2 aromatic carbocycles. The normalized spacial score (nSPS) is 19.0. The van der Waals surface area contributed by atoms with Crippen LogP contribution in [0.4, 0.5) is 0 Å². The molecule has 2 aromatic rings. The molecule has 1 saturated heterocycles. The zero-order valence-corrected chi connectivity index (χ0v) is 19.9. The van der Waals surface area contributed by atoms with Gasteiger partial charge in [0.25, 0.3) is 5.91 Å². The van der Waals surface area contributed by atoms with Crippen molar-refractivity contribution >= 4 is 21.8 Å². The summed E-state index contributed by atoms with van der Waals surface area (Å²) in [6.45, 7) is 8.24. The van der Waals surface area contributed by atoms with Crippen molar-refractivity contribution in [1.29, 1.82) is 0 Å². The van der Waals surface area contributed by atoms with Crippen molar-refractivity contribution in [3.05, 3.63) is 77.9 Å². The maximum absolute atomic E-state index is 13.2. The van der Waals surface area contributed by atoms with Gasteiger partial charge in [0.2, 0.25) is 15.9 Å². The fraction of sp³-hybridized carbons (Fsp3) is 0.360. The predicted octanol–water partition coefficient (Wildman–Crippen LogP) is 2.67. The highest BCUT2D eigenvalue weighted by molar-refractivity contribution is 7.89. The number of carbonyl (C=O) groups is 2. The van der Waals surface area contributed by atoms with Gasteiger partial charge < -0.3 is 10.6 Å². The van der Waals surface area contributed by atoms with Crippen LogP contribution in [0.3, 0.4) is 0 Å². The summed E-state index contributed by atoms with van der Waals surface area (Å²) < 4.78 is 27.9. The van der Waals surface area contributed by atoms with Crippen LogP contribution in [0.25, 0.3) is 0 Å². The monoisotopic (exact) mass is 469 g/mol. The Morgan fingerprint density at radius 3 is 2.55 bits per heavy atom. The fourth-order valence-electron chi connectivity index (χ4n) is 4.04. The number of piperidine rings is 1. The summed E-state index contributed by atoms with van der Waals surface area (Å²) >= 11 is 0. The highest BCUT2D eigenvalue weighted by atomic mass is 32.2. The van der Waals surface area contributed by atoms with Gasteiger partial charge in [0, 0.05) is 31.2 Å². The Kier molecular flexibility index (Phi) is 8.05. The molecule has 2 N–H and O–H groups in total. The first-order valence-electron chi connectivity index (χ1n) is 11.1. The Morgan fingerprint density at radius 1 is 1.18 bits per heavy atom. The van der Waals surface area contributed by atoms with Crippen molar-refractivity contribution < 1.29 is 18.0 Å². The van der Waals surface area contributed by atoms with Crippen molar-refractivity contribution in [2.45, 2.75) is 37.6 Å². The molecule has 3 rings (SSSR count). The molecule has 1 aliphatic heterocycles. The van der Waals surface area contributed by atoms with Gasteiger partial charge in [-0.05, 0) is 61.1 Å². The van der Waals surface area contributed by atoms with Crippen LogP contribution in [-0.2, 0) is 21.2 Å². The van der Waals surface area contributed by atoms with Gasteiger partial charge >= 0.3 is 0 Å². The second kappa shape index (κ2) is 10.8. The van der Waals surface area contributed by atoms with Gasteiger partial charge in [-0.15, -0.1) is 0 Å². The Labute approximate surface area is 195 Å². The average molecular weight is 470 g/mol. The lowest BCUT2D eigenvalue weighted by Gasteiger charge is -2.36. The van der Waals surface area contributed by atoms with E-state index >= 15 is 0 Å². The molecule has 8 heteroatoms. The number of aryl methyl sites for hydroxylation is 1. The highest BCUT2D eigenvalue weighted by Gasteiger charge is 2.34. The van der Waals surface area contributed by atoms with E-state index in [1.807, 2.05) is 37.3 Å². The molecule has 0 bridgehead atoms. The summed E-state index contributed by atoms with van der Waals surface area (Å²) in [6, 6.07) is 14.4. The Morgan fingerprint density at radius 2 is 1.91 bits per heavy atom. The number of nitrogens with zero attached hydrogens (tertiary/aromatic N) is 1. The number of amides is 2. The molecular formula is C25H31N3O4S. The fourth-order valence-corrected chi connectivity index (χ4v) is 5.68. The molecular weight excluding hydrogens is 438 g/mol. The van der Waals surface area contributed by atoms with Crippen molar-refractivity contribution in [3.8, 4) is 0 Å². The maximum Gasteiger partial charge on any atom is 0.251 e. The SMILES string of the molecule is C=CC(=O)NC1CCN(S(=O)(=O)c2ccc(C(=O)NCCc3ccccc3)c(C)c2)CC1C. The lowest BCUT2D eigenvalue weighted by Crippen LogP contribution is -2.51. The molecule has 0 saturated carbocycles. The molecule has 1 aliphatic rings. The van der Waals surface area contributed by atoms with E-state index in [4.69, 9.17) is 0 Å². The lowest BCUT2D eigenvalue weighted by molar-refractivity contribution is -0.117. The third-order valence-electron chi connectivity index (χ3n) is 6.00. The second-order valence-corrected chi connectivity index (χ2v) is 10.4. The Bertz CT molecular complexity index is 1120. The molecule has 2 amide bonds. The van der Waals surface area contributed by atoms with Gasteiger partial charge in [0.05, 0.1) is 4.90 Å². The number of rotatable bonds is 8. The zero-order valence-electron chi connectivity index (χ0n) is 19.1. The van der Waals surface area contributed by atoms with E-state index in [0.717, 1.165) is 12.0 Å². The van der Waals surface area contributed by atoms with Gasteiger partial charge in [-0.25, -0.2) is 8.42 Å². The van der Waals surface area contributed by atoms with Crippen molar-refractivity contribution in [3.63, 3.8) is 0 Å². The van der Waals surface area contributed by atoms with Gasteiger partial charge in [0.15, 0.2) is 0 Å². The predicted molar refractivity (Wildman–Crippen MR) is 128 cm³/mol. The number of hydrogen-bond acceptors (Lipinski definition) is 4. The minimum absolute atomic E-state index is 0.0341. The number of nitrogens with one attached hydrogen (secondary N) is 2. The van der Waals surface area contributed by atoms with Crippen LogP contribution >= 0.6 is 0 Å². The number of sulfonamides is 1. The zero-order chi connectivity index (χ0) is 24.0. The summed E-state index contributed by atoms with van der Waals surface area (Å²) in [5, 5.41) is 5.76. The first-order valence-corrected chi connectivity index (χ1v) is 12.5. The van der Waals surface area contributed by atoms with Crippen LogP contribution < -0.4 is 10.6 Å². The van der Waals surface area contributed by atoms with E-state index in [9.17, 15) is 18.0 Å². The molecule has 176 valence electrons. The van der Waals surface area contributed by atoms with Crippen molar-refractivity contribution in [2.24, 2.45) is 5.92 Å². The maximum atomic E-state index is 13.2. The van der Waals surface area contributed by atoms with Crippen LogP contribution in [0.2, 0.25) is 0 Å². The van der Waals surface area contributed by atoms with E-state index in [0.29, 0.717) is 37.2 Å². The van der Waals surface area contributed by atoms with E-state index in [1.165, 1.54) is 16.4 Å². The third kappa shape index (κ3) is 6.09. The minimum atomic E-state index is -3.70. The summed E-state index contributed by atoms with van der Waals surface area (Å²) in [5.41, 5.74) is 2.20. The quantitative estimate of drug-likeness (QED) is 0.581. The summed E-state index contributed by atoms with van der Waals surface area (Å²) in [6.07, 6.45) is 2.47. The molecule has 1 heterocycles. The average Bonchev–Trinajstić information content (AvgIpc) is 2.80. The van der Waals surface area contributed by atoms with Gasteiger partial charge in [-0.3, -0.25) is 9.59 Å². The summed E-state index contributed by atoms with van der Waals surface area (Å²) in [7, 11) is -3.70. The van der Waals surface area contributed by atoms with Gasteiger partial charge in [-0.2, -0.15) is 4.31 Å². The van der Waals surface area contributed by atoms with Gasteiger partial charge in [0.1, 0.15) is 0 Å². The molecule has 2 unspecified atom stereocenters. The van der Waals surface area contributed by atoms with E-state index in [2.05, 4.69) is 17.2 Å². The van der Waals surface area contributed by atoms with E-state index < -0.39 is 10.0 Å². The number of benzene rings is 2. The van der Waals surface area contributed by atoms with Gasteiger partial charge in [-0.1, -0.05) is 43.8 Å². The third-order valence-corrected chi connectivity index (χ3v) is 7.86. The highest BCUT2D eigenvalue weighted by Crippen LogP contribution is 2.25. The minimum Gasteiger partial charge on any atom is -0.352 e. The summed E-state index contributed by atoms with van der Waals surface area (Å²) in [5.74, 6) is -0.510. The van der Waals surface area contributed by atoms with Crippen LogP contribution in [0.5, 0.6) is 0 Å². The van der Waals surface area contributed by atoms with Crippen molar-refractivity contribution in [2.75, 3.05) is 19.6 Å². The Hall–Kier alpha value is -2.97. The number of carbonyl (C=O) groups excluding carboxylic acids is 2. The van der Waals surface area contributed by atoms with Crippen LogP contribution in [0, 0.1) is 12.8 Å². The molecule has 0 aliphatic carbocycles. The van der Waals surface area contributed by atoms with E-state index in [1.54, 1.807) is 19.1 Å². The van der Waals surface area contributed by atoms with Crippen molar-refractivity contribution in [1.82, 2.24) is 14.9 Å². The largest absolute Gasteiger partial charge is 0.352 e. The molecule has 33 heavy (non-hydrogen) atoms. The smallest absolute Gasteiger partial charge is 0.251 e. The first kappa shape index (κ1) is 24.7. The molecule has 7 nitrogen and oxygen atoms in total. The van der Waals surface area contributed by atoms with Crippen LogP contribution in [-0.4, -0.2) is 50.2 Å². The summed E-state index contributed by atoms with van der Waals surface area (Å²) in [4.78, 5) is 24.4. The standard InChI is InChI=1S/C25H31N3O4S/c1-4-24(29)27-23-13-15-28(17-19(23)3)33(31,32)21-10-11-22(18(2)16-21)25(30)26-14-12-20-8-6-5-7-9-20/h4-11,16,19,23H,1,12-15,17H2,2-3H3,(H,26,30)(H,27,29). The topological polar surface area (TPSA) is 95.6 Å². The van der Waals surface area contributed by atoms with Crippen LogP contribution in [0.15, 0.2) is 66.1 Å². The second-order valence-electron chi connectivity index (χ2n) is 8.42. The Balaban J connectivity index is 1.64. The molecule has 0 spiro atoms. The number of hydrogen-bond donors (Lipinski definition) is 2. The molecule has 2 atom stereocenters. The molecule has 0 radical (unpaired) electrons. The first-order chi connectivity index (χ1) is 15.7. The van der Waals surface area contributed by atoms with Crippen LogP contribution in [0.1, 0.15) is 34.8 Å². The molecule has 0 aromatic heterocycles. The van der Waals surface area contributed by atoms with E-state index in [-0.39, 0.29) is 28.7 Å². The lowest BCUT2D eigenvalue weighted by atomic mass is 9.95.